The van der Waals surface area contributed by atoms with Crippen molar-refractivity contribution in [1.82, 2.24) is 14.5 Å². The van der Waals surface area contributed by atoms with E-state index >= 15 is 0 Å². The highest BCUT2D eigenvalue weighted by Crippen LogP contribution is 2.14. The summed E-state index contributed by atoms with van der Waals surface area (Å²) in [6, 6.07) is 11.6. The van der Waals surface area contributed by atoms with Gasteiger partial charge >= 0.3 is 5.69 Å². The molecule has 0 saturated carbocycles. The van der Waals surface area contributed by atoms with Gasteiger partial charge in [-0.05, 0) is 36.2 Å². The number of fused-ring (bicyclic) bond motifs is 1. The minimum Gasteiger partial charge on any atom is -0.352 e. The van der Waals surface area contributed by atoms with Crippen LogP contribution in [0.2, 0.25) is 0 Å². The average molecular weight is 327 g/mol. The predicted octanol–water partition coefficient (Wildman–Crippen LogP) is 1.99. The van der Waals surface area contributed by atoms with Crippen molar-refractivity contribution < 1.29 is 9.18 Å². The van der Waals surface area contributed by atoms with Gasteiger partial charge in [-0.2, -0.15) is 0 Å². The summed E-state index contributed by atoms with van der Waals surface area (Å²) in [6.07, 6.45) is 0.421. The summed E-state index contributed by atoms with van der Waals surface area (Å²) in [4.78, 5) is 24.2. The second-order valence-corrected chi connectivity index (χ2v) is 5.70. The molecule has 0 atom stereocenters. The predicted molar refractivity (Wildman–Crippen MR) is 90.6 cm³/mol. The van der Waals surface area contributed by atoms with E-state index in [1.807, 2.05) is 0 Å². The average Bonchev–Trinajstić information content (AvgIpc) is 2.80. The fraction of sp³-hybridized carbons (Fsp3) is 0.222. The molecule has 0 bridgehead atoms. The summed E-state index contributed by atoms with van der Waals surface area (Å²) < 4.78 is 16.6. The lowest BCUT2D eigenvalue weighted by Gasteiger charge is -2.07. The third-order valence-electron chi connectivity index (χ3n) is 4.17. The molecule has 1 N–H and O–H groups in total. The minimum absolute atomic E-state index is 0.137. The van der Waals surface area contributed by atoms with Gasteiger partial charge in [0.2, 0.25) is 0 Å². The molecule has 0 aliphatic carbocycles. The van der Waals surface area contributed by atoms with Crippen molar-refractivity contribution >= 4 is 16.9 Å². The highest BCUT2D eigenvalue weighted by molar-refractivity contribution is 5.97. The molecule has 24 heavy (non-hydrogen) atoms. The van der Waals surface area contributed by atoms with E-state index in [1.165, 1.54) is 15.2 Å². The highest BCUT2D eigenvalue weighted by Gasteiger charge is 2.12. The number of aromatic nitrogens is 2. The molecule has 1 heterocycles. The summed E-state index contributed by atoms with van der Waals surface area (Å²) in [5.41, 5.74) is 2.37. The number of rotatable bonds is 4. The van der Waals surface area contributed by atoms with Gasteiger partial charge in [0.1, 0.15) is 5.82 Å². The smallest absolute Gasteiger partial charge is 0.328 e. The summed E-state index contributed by atoms with van der Waals surface area (Å²) in [7, 11) is 3.36. The molecule has 1 aromatic heterocycles. The van der Waals surface area contributed by atoms with Gasteiger partial charge in [0.05, 0.1) is 11.0 Å². The van der Waals surface area contributed by atoms with Crippen molar-refractivity contribution in [3.63, 3.8) is 0 Å². The van der Waals surface area contributed by atoms with E-state index in [2.05, 4.69) is 5.32 Å². The van der Waals surface area contributed by atoms with Gasteiger partial charge < -0.3 is 5.32 Å². The van der Waals surface area contributed by atoms with Gasteiger partial charge in [-0.25, -0.2) is 9.18 Å². The molecule has 0 fully saturated rings. The first-order chi connectivity index (χ1) is 11.5. The normalized spacial score (nSPS) is 11.0. The molecule has 0 saturated heterocycles. The topological polar surface area (TPSA) is 56.0 Å². The van der Waals surface area contributed by atoms with Crippen molar-refractivity contribution in [2.75, 3.05) is 6.54 Å². The highest BCUT2D eigenvalue weighted by atomic mass is 19.1. The standard InChI is InChI=1S/C18H18FN3O2/c1-21-15-8-7-13(11-16(15)22(2)18(21)24)17(23)20-10-9-12-5-3-4-6-14(12)19/h3-8,11H,9-10H2,1-2H3,(H,20,23). The van der Waals surface area contributed by atoms with Crippen molar-refractivity contribution in [2.45, 2.75) is 6.42 Å². The van der Waals surface area contributed by atoms with Gasteiger partial charge in [0, 0.05) is 26.2 Å². The van der Waals surface area contributed by atoms with Crippen LogP contribution in [0.1, 0.15) is 15.9 Å². The molecular formula is C18H18FN3O2. The summed E-state index contributed by atoms with van der Waals surface area (Å²) in [5, 5.41) is 2.78. The van der Waals surface area contributed by atoms with Crippen LogP contribution in [0.3, 0.4) is 0 Å². The van der Waals surface area contributed by atoms with E-state index in [1.54, 1.807) is 50.5 Å². The number of carbonyl (C=O) groups is 1. The Morgan fingerprint density at radius 2 is 1.79 bits per heavy atom. The van der Waals surface area contributed by atoms with Crippen LogP contribution >= 0.6 is 0 Å². The number of carbonyl (C=O) groups excluding carboxylic acids is 1. The lowest BCUT2D eigenvalue weighted by molar-refractivity contribution is 0.0954. The zero-order chi connectivity index (χ0) is 17.3. The Morgan fingerprint density at radius 3 is 2.54 bits per heavy atom. The third-order valence-corrected chi connectivity index (χ3v) is 4.17. The summed E-state index contributed by atoms with van der Waals surface area (Å²) in [6.45, 7) is 0.339. The van der Waals surface area contributed by atoms with E-state index in [-0.39, 0.29) is 17.4 Å². The Balaban J connectivity index is 1.73. The molecule has 0 unspecified atom stereocenters. The first-order valence-electron chi connectivity index (χ1n) is 7.66. The molecule has 6 heteroatoms. The van der Waals surface area contributed by atoms with Gasteiger partial charge in [-0.1, -0.05) is 18.2 Å². The lowest BCUT2D eigenvalue weighted by atomic mass is 10.1. The minimum atomic E-state index is -0.271. The molecule has 1 amide bonds. The van der Waals surface area contributed by atoms with E-state index in [0.717, 1.165) is 5.52 Å². The Labute approximate surface area is 138 Å². The monoisotopic (exact) mass is 327 g/mol. The van der Waals surface area contributed by atoms with Crippen molar-refractivity contribution in [2.24, 2.45) is 14.1 Å². The maximum atomic E-state index is 13.5. The van der Waals surface area contributed by atoms with Crippen molar-refractivity contribution in [3.05, 3.63) is 69.9 Å². The number of hydrogen-bond donors (Lipinski definition) is 1. The van der Waals surface area contributed by atoms with Crippen LogP contribution in [-0.4, -0.2) is 21.6 Å². The molecule has 124 valence electrons. The van der Waals surface area contributed by atoms with Gasteiger partial charge in [-0.3, -0.25) is 13.9 Å². The zero-order valence-corrected chi connectivity index (χ0v) is 13.5. The lowest BCUT2D eigenvalue weighted by Crippen LogP contribution is -2.25. The van der Waals surface area contributed by atoms with Crippen molar-refractivity contribution in [1.29, 1.82) is 0 Å². The van der Waals surface area contributed by atoms with Crippen molar-refractivity contribution in [3.8, 4) is 0 Å². The van der Waals surface area contributed by atoms with Crippen LogP contribution in [0.4, 0.5) is 4.39 Å². The number of hydrogen-bond acceptors (Lipinski definition) is 2. The van der Waals surface area contributed by atoms with Crippen LogP contribution in [0.5, 0.6) is 0 Å². The zero-order valence-electron chi connectivity index (χ0n) is 13.5. The molecule has 0 radical (unpaired) electrons. The molecule has 2 aromatic carbocycles. The number of benzene rings is 2. The number of halogens is 1. The second-order valence-electron chi connectivity index (χ2n) is 5.70. The molecule has 0 aliphatic rings. The van der Waals surface area contributed by atoms with Gasteiger partial charge in [-0.15, -0.1) is 0 Å². The molecule has 0 spiro atoms. The Kier molecular flexibility index (Phi) is 4.20. The van der Waals surface area contributed by atoms with E-state index < -0.39 is 0 Å². The van der Waals surface area contributed by atoms with Crippen LogP contribution in [0.25, 0.3) is 11.0 Å². The third kappa shape index (κ3) is 2.82. The van der Waals surface area contributed by atoms with Gasteiger partial charge in [0.25, 0.3) is 5.91 Å². The first-order valence-corrected chi connectivity index (χ1v) is 7.66. The fourth-order valence-electron chi connectivity index (χ4n) is 2.76. The number of nitrogens with one attached hydrogen (secondary N) is 1. The van der Waals surface area contributed by atoms with E-state index in [4.69, 9.17) is 0 Å². The van der Waals surface area contributed by atoms with E-state index in [9.17, 15) is 14.0 Å². The molecule has 5 nitrogen and oxygen atoms in total. The number of aryl methyl sites for hydroxylation is 2. The van der Waals surface area contributed by atoms with Crippen LogP contribution in [-0.2, 0) is 20.5 Å². The van der Waals surface area contributed by atoms with Crippen LogP contribution in [0.15, 0.2) is 47.3 Å². The quantitative estimate of drug-likeness (QED) is 0.797. The Hall–Kier alpha value is -2.89. The summed E-state index contributed by atoms with van der Waals surface area (Å²) in [5.74, 6) is -0.517. The SMILES string of the molecule is Cn1c(=O)n(C)c2cc(C(=O)NCCc3ccccc3F)ccc21. The molecule has 3 rings (SSSR count). The largest absolute Gasteiger partial charge is 0.352 e. The van der Waals surface area contributed by atoms with E-state index in [0.29, 0.717) is 29.6 Å². The second kappa shape index (κ2) is 6.31. The van der Waals surface area contributed by atoms with Gasteiger partial charge in [0.15, 0.2) is 0 Å². The first kappa shape index (κ1) is 16.0. The molecular weight excluding hydrogens is 309 g/mol. The number of amides is 1. The fourth-order valence-corrected chi connectivity index (χ4v) is 2.76. The molecule has 3 aromatic rings. The van der Waals surface area contributed by atoms with Crippen LogP contribution < -0.4 is 11.0 Å². The van der Waals surface area contributed by atoms with Crippen LogP contribution in [0, 0.1) is 5.82 Å². The summed E-state index contributed by atoms with van der Waals surface area (Å²) >= 11 is 0. The maximum Gasteiger partial charge on any atom is 0.328 e. The maximum absolute atomic E-state index is 13.5. The Morgan fingerprint density at radius 1 is 1.08 bits per heavy atom. The molecule has 0 aliphatic heterocycles. The number of nitrogens with zero attached hydrogens (tertiary/aromatic N) is 2. The Bertz CT molecular complexity index is 972. The number of imidazole rings is 1.